The molecule has 1 rings (SSSR count). The van der Waals surface area contributed by atoms with E-state index in [1.807, 2.05) is 0 Å². The second-order valence-electron chi connectivity index (χ2n) is 4.04. The minimum atomic E-state index is -0.619. The van der Waals surface area contributed by atoms with Gasteiger partial charge < -0.3 is 9.84 Å². The van der Waals surface area contributed by atoms with Crippen LogP contribution < -0.4 is 0 Å². The second-order valence-corrected chi connectivity index (χ2v) is 4.04. The molecule has 0 aliphatic carbocycles. The summed E-state index contributed by atoms with van der Waals surface area (Å²) in [7, 11) is 0. The standard InChI is InChI=1S/C10H16O3/c1-10(2,12)7-3-4-8-5-6-9(11)13-8/h5-6,8,12H,3-4,7H2,1-2H3. The molecular weight excluding hydrogens is 168 g/mol. The van der Waals surface area contributed by atoms with E-state index in [0.717, 1.165) is 19.3 Å². The summed E-state index contributed by atoms with van der Waals surface area (Å²) in [5, 5.41) is 9.42. The van der Waals surface area contributed by atoms with Gasteiger partial charge in [0.05, 0.1) is 5.60 Å². The van der Waals surface area contributed by atoms with Gasteiger partial charge in [0.2, 0.25) is 0 Å². The fourth-order valence-corrected chi connectivity index (χ4v) is 1.30. The maximum absolute atomic E-state index is 10.7. The molecule has 0 fully saturated rings. The van der Waals surface area contributed by atoms with E-state index in [4.69, 9.17) is 4.74 Å². The van der Waals surface area contributed by atoms with Crippen LogP contribution in [0.4, 0.5) is 0 Å². The van der Waals surface area contributed by atoms with E-state index in [9.17, 15) is 9.90 Å². The Bertz CT molecular complexity index is 213. The summed E-state index contributed by atoms with van der Waals surface area (Å²) in [4.78, 5) is 10.7. The number of ether oxygens (including phenoxy) is 1. The first-order valence-electron chi connectivity index (χ1n) is 4.58. The maximum Gasteiger partial charge on any atom is 0.331 e. The molecule has 1 aliphatic rings. The van der Waals surface area contributed by atoms with Crippen molar-refractivity contribution >= 4 is 5.97 Å². The van der Waals surface area contributed by atoms with E-state index in [1.165, 1.54) is 6.08 Å². The van der Waals surface area contributed by atoms with Crippen LogP contribution in [0.15, 0.2) is 12.2 Å². The van der Waals surface area contributed by atoms with E-state index in [0.29, 0.717) is 0 Å². The van der Waals surface area contributed by atoms with Gasteiger partial charge in [-0.1, -0.05) is 0 Å². The average molecular weight is 184 g/mol. The Hall–Kier alpha value is -0.830. The van der Waals surface area contributed by atoms with E-state index >= 15 is 0 Å². The summed E-state index contributed by atoms with van der Waals surface area (Å²) in [6.45, 7) is 3.56. The van der Waals surface area contributed by atoms with Crippen molar-refractivity contribution in [2.75, 3.05) is 0 Å². The predicted octanol–water partition coefficient (Wildman–Crippen LogP) is 1.41. The molecule has 1 heterocycles. The van der Waals surface area contributed by atoms with Gasteiger partial charge in [-0.25, -0.2) is 4.79 Å². The van der Waals surface area contributed by atoms with Gasteiger partial charge in [0.15, 0.2) is 0 Å². The number of hydrogen-bond donors (Lipinski definition) is 1. The highest BCUT2D eigenvalue weighted by Gasteiger charge is 2.18. The smallest absolute Gasteiger partial charge is 0.331 e. The number of carbonyl (C=O) groups is 1. The Morgan fingerprint density at radius 3 is 2.77 bits per heavy atom. The SMILES string of the molecule is CC(C)(O)CCCC1C=CC(=O)O1. The van der Waals surface area contributed by atoms with Crippen molar-refractivity contribution < 1.29 is 14.6 Å². The molecule has 3 heteroatoms. The van der Waals surface area contributed by atoms with E-state index in [1.54, 1.807) is 19.9 Å². The number of rotatable bonds is 4. The van der Waals surface area contributed by atoms with Gasteiger partial charge in [-0.15, -0.1) is 0 Å². The van der Waals surface area contributed by atoms with Crippen molar-refractivity contribution in [1.29, 1.82) is 0 Å². The van der Waals surface area contributed by atoms with Crippen LogP contribution in [0.5, 0.6) is 0 Å². The van der Waals surface area contributed by atoms with Crippen LogP contribution in [-0.2, 0) is 9.53 Å². The van der Waals surface area contributed by atoms with Gasteiger partial charge >= 0.3 is 5.97 Å². The molecule has 0 saturated heterocycles. The molecule has 0 radical (unpaired) electrons. The van der Waals surface area contributed by atoms with Gasteiger partial charge in [0.25, 0.3) is 0 Å². The lowest BCUT2D eigenvalue weighted by Crippen LogP contribution is -2.19. The molecule has 1 aliphatic heterocycles. The van der Waals surface area contributed by atoms with Crippen LogP contribution in [0.1, 0.15) is 33.1 Å². The zero-order valence-electron chi connectivity index (χ0n) is 8.12. The second kappa shape index (κ2) is 3.92. The molecule has 3 nitrogen and oxygen atoms in total. The van der Waals surface area contributed by atoms with Crippen molar-refractivity contribution in [3.63, 3.8) is 0 Å². The summed E-state index contributed by atoms with van der Waals surface area (Å²) in [6.07, 6.45) is 5.55. The topological polar surface area (TPSA) is 46.5 Å². The molecule has 0 saturated carbocycles. The minimum Gasteiger partial charge on any atom is -0.455 e. The maximum atomic E-state index is 10.7. The summed E-state index contributed by atoms with van der Waals surface area (Å²) in [5.41, 5.74) is -0.619. The van der Waals surface area contributed by atoms with E-state index in [-0.39, 0.29) is 12.1 Å². The lowest BCUT2D eigenvalue weighted by atomic mass is 10.0. The molecule has 0 amide bonds. The zero-order chi connectivity index (χ0) is 9.90. The molecule has 0 aromatic carbocycles. The van der Waals surface area contributed by atoms with Gasteiger partial charge in [0.1, 0.15) is 6.10 Å². The van der Waals surface area contributed by atoms with Crippen LogP contribution in [0.2, 0.25) is 0 Å². The predicted molar refractivity (Wildman–Crippen MR) is 49.2 cm³/mol. The highest BCUT2D eigenvalue weighted by atomic mass is 16.5. The van der Waals surface area contributed by atoms with Gasteiger partial charge in [0, 0.05) is 6.08 Å². The van der Waals surface area contributed by atoms with E-state index < -0.39 is 5.60 Å². The molecule has 1 N–H and O–H groups in total. The zero-order valence-corrected chi connectivity index (χ0v) is 8.12. The average Bonchev–Trinajstić information content (AvgIpc) is 2.33. The van der Waals surface area contributed by atoms with Crippen molar-refractivity contribution in [3.05, 3.63) is 12.2 Å². The molecule has 0 bridgehead atoms. The monoisotopic (exact) mass is 184 g/mol. The molecule has 1 atom stereocenters. The van der Waals surface area contributed by atoms with Crippen LogP contribution >= 0.6 is 0 Å². The van der Waals surface area contributed by atoms with Crippen molar-refractivity contribution in [3.8, 4) is 0 Å². The first-order chi connectivity index (χ1) is 5.97. The lowest BCUT2D eigenvalue weighted by molar-refractivity contribution is -0.138. The highest BCUT2D eigenvalue weighted by molar-refractivity contribution is 5.84. The third kappa shape index (κ3) is 4.08. The number of cyclic esters (lactones) is 1. The first-order valence-corrected chi connectivity index (χ1v) is 4.58. The Balaban J connectivity index is 2.14. The highest BCUT2D eigenvalue weighted by Crippen LogP contribution is 2.17. The third-order valence-corrected chi connectivity index (χ3v) is 1.99. The van der Waals surface area contributed by atoms with Crippen LogP contribution in [0, 0.1) is 0 Å². The van der Waals surface area contributed by atoms with E-state index in [2.05, 4.69) is 0 Å². The molecule has 74 valence electrons. The number of hydrogen-bond acceptors (Lipinski definition) is 3. The minimum absolute atomic E-state index is 0.0742. The van der Waals surface area contributed by atoms with Crippen LogP contribution in [-0.4, -0.2) is 22.8 Å². The van der Waals surface area contributed by atoms with Crippen molar-refractivity contribution in [1.82, 2.24) is 0 Å². The van der Waals surface area contributed by atoms with Crippen LogP contribution in [0.25, 0.3) is 0 Å². The van der Waals surface area contributed by atoms with Gasteiger partial charge in [-0.05, 0) is 39.2 Å². The Morgan fingerprint density at radius 2 is 2.31 bits per heavy atom. The Morgan fingerprint density at radius 1 is 1.62 bits per heavy atom. The Labute approximate surface area is 78.4 Å². The molecule has 0 aromatic heterocycles. The number of esters is 1. The molecular formula is C10H16O3. The number of aliphatic hydroxyl groups is 1. The van der Waals surface area contributed by atoms with Crippen LogP contribution in [0.3, 0.4) is 0 Å². The lowest BCUT2D eigenvalue weighted by Gasteiger charge is -2.17. The summed E-state index contributed by atoms with van der Waals surface area (Å²) < 4.78 is 4.94. The summed E-state index contributed by atoms with van der Waals surface area (Å²) in [5.74, 6) is -0.256. The van der Waals surface area contributed by atoms with Gasteiger partial charge in [-0.2, -0.15) is 0 Å². The van der Waals surface area contributed by atoms with Gasteiger partial charge in [-0.3, -0.25) is 0 Å². The molecule has 1 unspecified atom stereocenters. The van der Waals surface area contributed by atoms with Crippen molar-refractivity contribution in [2.45, 2.75) is 44.8 Å². The summed E-state index contributed by atoms with van der Waals surface area (Å²) in [6, 6.07) is 0. The summed E-state index contributed by atoms with van der Waals surface area (Å²) >= 11 is 0. The largest absolute Gasteiger partial charge is 0.455 e. The quantitative estimate of drug-likeness (QED) is 0.672. The third-order valence-electron chi connectivity index (χ3n) is 1.99. The molecule has 13 heavy (non-hydrogen) atoms. The fraction of sp³-hybridized carbons (Fsp3) is 0.700. The molecule has 0 spiro atoms. The Kier molecular flexibility index (Phi) is 3.09. The first kappa shape index (κ1) is 10.3. The fourth-order valence-electron chi connectivity index (χ4n) is 1.30. The molecule has 0 aromatic rings. The van der Waals surface area contributed by atoms with Crippen molar-refractivity contribution in [2.24, 2.45) is 0 Å². The number of carbonyl (C=O) groups excluding carboxylic acids is 1. The normalized spacial score (nSPS) is 22.1.